The van der Waals surface area contributed by atoms with Crippen LogP contribution in [0.4, 0.5) is 5.82 Å². The van der Waals surface area contributed by atoms with Crippen LogP contribution >= 0.6 is 0 Å². The highest BCUT2D eigenvalue weighted by Gasteiger charge is 2.14. The third-order valence-corrected chi connectivity index (χ3v) is 2.81. The molecule has 0 fully saturated rings. The van der Waals surface area contributed by atoms with E-state index in [4.69, 9.17) is 14.6 Å². The molecule has 1 heterocycles. The number of hydrogen-bond donors (Lipinski definition) is 2. The number of aliphatic hydroxyl groups excluding tert-OH is 1. The van der Waals surface area contributed by atoms with Gasteiger partial charge >= 0.3 is 0 Å². The van der Waals surface area contributed by atoms with Gasteiger partial charge in [0.2, 0.25) is 5.75 Å². The fraction of sp³-hybridized carbons (Fsp3) is 0.333. The lowest BCUT2D eigenvalue weighted by molar-refractivity contribution is 0.281. The van der Waals surface area contributed by atoms with Crippen LogP contribution in [-0.4, -0.2) is 28.7 Å². The van der Waals surface area contributed by atoms with Gasteiger partial charge in [0, 0.05) is 6.54 Å². The number of benzene rings is 1. The molecule has 21 heavy (non-hydrogen) atoms. The van der Waals surface area contributed by atoms with Crippen LogP contribution in [0.5, 0.6) is 17.4 Å². The number of aliphatic hydroxyl groups is 1. The lowest BCUT2D eigenvalue weighted by Crippen LogP contribution is -2.06. The summed E-state index contributed by atoms with van der Waals surface area (Å²) in [6.07, 6.45) is 2.40. The van der Waals surface area contributed by atoms with Gasteiger partial charge in [-0.05, 0) is 24.1 Å². The Bertz CT molecular complexity index is 590. The molecule has 0 aliphatic carbocycles. The Labute approximate surface area is 123 Å². The molecule has 2 rings (SSSR count). The second kappa shape index (κ2) is 7.44. The summed E-state index contributed by atoms with van der Waals surface area (Å²) in [6.45, 7) is 2.81. The van der Waals surface area contributed by atoms with E-state index in [-0.39, 0.29) is 6.61 Å². The third-order valence-electron chi connectivity index (χ3n) is 2.81. The molecule has 6 heteroatoms. The molecule has 0 amide bonds. The number of nitrogens with zero attached hydrogens (tertiary/aromatic N) is 2. The summed E-state index contributed by atoms with van der Waals surface area (Å²) in [6, 6.07) is 7.17. The van der Waals surface area contributed by atoms with Gasteiger partial charge in [-0.2, -0.15) is 4.98 Å². The Morgan fingerprint density at radius 1 is 1.29 bits per heavy atom. The van der Waals surface area contributed by atoms with Gasteiger partial charge in [0.05, 0.1) is 13.7 Å². The van der Waals surface area contributed by atoms with E-state index in [1.807, 2.05) is 12.1 Å². The van der Waals surface area contributed by atoms with Gasteiger partial charge in [-0.3, -0.25) is 0 Å². The smallest absolute Gasteiger partial charge is 0.268 e. The molecule has 0 saturated heterocycles. The lowest BCUT2D eigenvalue weighted by atomic mass is 10.2. The van der Waals surface area contributed by atoms with Crippen LogP contribution < -0.4 is 14.8 Å². The molecule has 0 bridgehead atoms. The summed E-state index contributed by atoms with van der Waals surface area (Å²) >= 11 is 0. The normalized spacial score (nSPS) is 10.2. The van der Waals surface area contributed by atoms with Crippen molar-refractivity contribution in [3.8, 4) is 17.4 Å². The summed E-state index contributed by atoms with van der Waals surface area (Å²) in [5, 5.41) is 12.3. The zero-order chi connectivity index (χ0) is 15.1. The first-order valence-electron chi connectivity index (χ1n) is 6.79. The van der Waals surface area contributed by atoms with E-state index in [1.165, 1.54) is 6.33 Å². The second-order valence-electron chi connectivity index (χ2n) is 4.40. The molecule has 112 valence electrons. The molecule has 1 aromatic heterocycles. The highest BCUT2D eigenvalue weighted by atomic mass is 16.5. The van der Waals surface area contributed by atoms with Crippen molar-refractivity contribution in [3.63, 3.8) is 0 Å². The van der Waals surface area contributed by atoms with E-state index in [2.05, 4.69) is 22.2 Å². The van der Waals surface area contributed by atoms with Crippen molar-refractivity contribution in [2.24, 2.45) is 0 Å². The monoisotopic (exact) mass is 289 g/mol. The molecule has 0 unspecified atom stereocenters. The van der Waals surface area contributed by atoms with Gasteiger partial charge < -0.3 is 19.9 Å². The minimum Gasteiger partial charge on any atom is -0.489 e. The van der Waals surface area contributed by atoms with Crippen molar-refractivity contribution >= 4 is 5.82 Å². The lowest BCUT2D eigenvalue weighted by Gasteiger charge is -2.13. The van der Waals surface area contributed by atoms with Gasteiger partial charge in [-0.25, -0.2) is 4.98 Å². The predicted molar refractivity (Wildman–Crippen MR) is 79.8 cm³/mol. The molecular formula is C15H19N3O3. The Kier molecular flexibility index (Phi) is 5.34. The van der Waals surface area contributed by atoms with Gasteiger partial charge in [-0.15, -0.1) is 0 Å². The fourth-order valence-corrected chi connectivity index (χ4v) is 1.80. The van der Waals surface area contributed by atoms with Gasteiger partial charge in [-0.1, -0.05) is 19.1 Å². The highest BCUT2D eigenvalue weighted by Crippen LogP contribution is 2.34. The Hall–Kier alpha value is -2.34. The van der Waals surface area contributed by atoms with Crippen LogP contribution in [0.3, 0.4) is 0 Å². The van der Waals surface area contributed by atoms with Crippen molar-refractivity contribution in [2.45, 2.75) is 20.0 Å². The Morgan fingerprint density at radius 3 is 2.86 bits per heavy atom. The van der Waals surface area contributed by atoms with E-state index >= 15 is 0 Å². The highest BCUT2D eigenvalue weighted by molar-refractivity contribution is 5.55. The third kappa shape index (κ3) is 3.82. The zero-order valence-corrected chi connectivity index (χ0v) is 12.2. The van der Waals surface area contributed by atoms with E-state index in [0.717, 1.165) is 18.5 Å². The number of methoxy groups -OCH3 is 1. The van der Waals surface area contributed by atoms with E-state index in [0.29, 0.717) is 23.2 Å². The zero-order valence-electron chi connectivity index (χ0n) is 12.2. The molecular weight excluding hydrogens is 270 g/mol. The summed E-state index contributed by atoms with van der Waals surface area (Å²) < 4.78 is 11.1. The van der Waals surface area contributed by atoms with Gasteiger partial charge in [0.15, 0.2) is 5.82 Å². The fourth-order valence-electron chi connectivity index (χ4n) is 1.80. The van der Waals surface area contributed by atoms with Crippen LogP contribution in [0, 0.1) is 0 Å². The van der Waals surface area contributed by atoms with Crippen molar-refractivity contribution in [3.05, 3.63) is 36.2 Å². The standard InChI is InChI=1S/C15H19N3O3/c1-3-7-16-14-13(20-2)15(18-10-17-14)21-12-6-4-5-11(8-12)9-19/h4-6,8,10,19H,3,7,9H2,1-2H3,(H,16,17,18). The number of nitrogens with one attached hydrogen (secondary N) is 1. The average Bonchev–Trinajstić information content (AvgIpc) is 2.53. The minimum atomic E-state index is -0.0403. The number of hydrogen-bond acceptors (Lipinski definition) is 6. The van der Waals surface area contributed by atoms with Gasteiger partial charge in [0.25, 0.3) is 5.88 Å². The number of anilines is 1. The first-order valence-corrected chi connectivity index (χ1v) is 6.79. The molecule has 2 aromatic rings. The molecule has 0 atom stereocenters. The molecule has 0 aliphatic rings. The van der Waals surface area contributed by atoms with Crippen LogP contribution in [0.25, 0.3) is 0 Å². The molecule has 1 aromatic carbocycles. The largest absolute Gasteiger partial charge is 0.489 e. The summed E-state index contributed by atoms with van der Waals surface area (Å²) in [7, 11) is 1.55. The van der Waals surface area contributed by atoms with Crippen molar-refractivity contribution in [1.82, 2.24) is 9.97 Å². The second-order valence-corrected chi connectivity index (χ2v) is 4.40. The van der Waals surface area contributed by atoms with Crippen LogP contribution in [0.1, 0.15) is 18.9 Å². The quantitative estimate of drug-likeness (QED) is 0.816. The topological polar surface area (TPSA) is 76.5 Å². The molecule has 6 nitrogen and oxygen atoms in total. The maximum absolute atomic E-state index is 9.15. The van der Waals surface area contributed by atoms with Crippen molar-refractivity contribution < 1.29 is 14.6 Å². The van der Waals surface area contributed by atoms with Gasteiger partial charge in [0.1, 0.15) is 12.1 Å². The summed E-state index contributed by atoms with van der Waals surface area (Å²) in [5.74, 6) is 1.98. The maximum atomic E-state index is 9.15. The van der Waals surface area contributed by atoms with E-state index in [9.17, 15) is 0 Å². The minimum absolute atomic E-state index is 0.0403. The molecule has 2 N–H and O–H groups in total. The maximum Gasteiger partial charge on any atom is 0.268 e. The Balaban J connectivity index is 2.26. The predicted octanol–water partition coefficient (Wildman–Crippen LogP) is 2.59. The van der Waals surface area contributed by atoms with Crippen molar-refractivity contribution in [1.29, 1.82) is 0 Å². The number of aromatic nitrogens is 2. The van der Waals surface area contributed by atoms with E-state index in [1.54, 1.807) is 19.2 Å². The summed E-state index contributed by atoms with van der Waals surface area (Å²) in [5.41, 5.74) is 0.768. The summed E-state index contributed by atoms with van der Waals surface area (Å²) in [4.78, 5) is 8.26. The first-order chi connectivity index (χ1) is 10.3. The van der Waals surface area contributed by atoms with Crippen LogP contribution in [0.15, 0.2) is 30.6 Å². The molecule has 0 saturated carbocycles. The SMILES string of the molecule is CCCNc1ncnc(Oc2cccc(CO)c2)c1OC. The molecule has 0 aliphatic heterocycles. The molecule has 0 radical (unpaired) electrons. The molecule has 0 spiro atoms. The van der Waals surface area contributed by atoms with Crippen LogP contribution in [0.2, 0.25) is 0 Å². The number of ether oxygens (including phenoxy) is 2. The Morgan fingerprint density at radius 2 is 2.14 bits per heavy atom. The van der Waals surface area contributed by atoms with Crippen molar-refractivity contribution in [2.75, 3.05) is 19.0 Å². The van der Waals surface area contributed by atoms with E-state index < -0.39 is 0 Å². The first kappa shape index (κ1) is 15.1. The number of rotatable bonds is 7. The van der Waals surface area contributed by atoms with Crippen LogP contribution in [-0.2, 0) is 6.61 Å². The average molecular weight is 289 g/mol.